The summed E-state index contributed by atoms with van der Waals surface area (Å²) in [5.41, 5.74) is 0.118. The fourth-order valence-electron chi connectivity index (χ4n) is 0.738. The SMILES string of the molecule is O=C(NC(CO)CO)c1ccon1. The van der Waals surface area contributed by atoms with Gasteiger partial charge in [0, 0.05) is 6.07 Å². The zero-order valence-corrected chi connectivity index (χ0v) is 6.80. The fraction of sp³-hybridized carbons (Fsp3) is 0.429. The number of carbonyl (C=O) groups excluding carboxylic acids is 1. The van der Waals surface area contributed by atoms with Gasteiger partial charge in [-0.2, -0.15) is 0 Å². The molecule has 1 aromatic rings. The van der Waals surface area contributed by atoms with Crippen molar-refractivity contribution in [2.45, 2.75) is 6.04 Å². The maximum absolute atomic E-state index is 11.2. The minimum Gasteiger partial charge on any atom is -0.394 e. The van der Waals surface area contributed by atoms with Crippen LogP contribution >= 0.6 is 0 Å². The molecular formula is C7H10N2O4. The van der Waals surface area contributed by atoms with Crippen LogP contribution in [0, 0.1) is 0 Å². The largest absolute Gasteiger partial charge is 0.394 e. The number of rotatable bonds is 4. The van der Waals surface area contributed by atoms with Gasteiger partial charge >= 0.3 is 0 Å². The molecule has 0 bridgehead atoms. The molecule has 0 saturated heterocycles. The van der Waals surface area contributed by atoms with Crippen molar-refractivity contribution >= 4 is 5.91 Å². The van der Waals surface area contributed by atoms with E-state index in [-0.39, 0.29) is 18.9 Å². The second kappa shape index (κ2) is 4.58. The Morgan fingerprint density at radius 2 is 2.31 bits per heavy atom. The molecule has 0 spiro atoms. The number of hydrogen-bond donors (Lipinski definition) is 3. The first-order valence-electron chi connectivity index (χ1n) is 3.71. The zero-order chi connectivity index (χ0) is 9.68. The highest BCUT2D eigenvalue weighted by Crippen LogP contribution is 1.94. The van der Waals surface area contributed by atoms with Crippen molar-refractivity contribution in [3.05, 3.63) is 18.0 Å². The lowest BCUT2D eigenvalue weighted by molar-refractivity contribution is 0.0870. The summed E-state index contributed by atoms with van der Waals surface area (Å²) in [6.45, 7) is -0.639. The molecule has 1 heterocycles. The van der Waals surface area contributed by atoms with Crippen LogP contribution in [-0.4, -0.2) is 40.5 Å². The van der Waals surface area contributed by atoms with Crippen LogP contribution in [-0.2, 0) is 0 Å². The number of carbonyl (C=O) groups is 1. The Morgan fingerprint density at radius 3 is 2.77 bits per heavy atom. The molecule has 0 radical (unpaired) electrons. The molecule has 13 heavy (non-hydrogen) atoms. The predicted molar refractivity (Wildman–Crippen MR) is 41.9 cm³/mol. The van der Waals surface area contributed by atoms with Crippen LogP contribution in [0.4, 0.5) is 0 Å². The van der Waals surface area contributed by atoms with Crippen LogP contribution in [0.3, 0.4) is 0 Å². The van der Waals surface area contributed by atoms with Gasteiger partial charge in [0.2, 0.25) is 0 Å². The second-order valence-corrected chi connectivity index (χ2v) is 2.42. The first-order valence-corrected chi connectivity index (χ1v) is 3.71. The average molecular weight is 186 g/mol. The summed E-state index contributed by atoms with van der Waals surface area (Å²) in [6.07, 6.45) is 1.27. The van der Waals surface area contributed by atoms with Crippen LogP contribution in [0.2, 0.25) is 0 Å². The molecule has 1 amide bonds. The van der Waals surface area contributed by atoms with E-state index in [1.807, 2.05) is 0 Å². The lowest BCUT2D eigenvalue weighted by Gasteiger charge is -2.11. The van der Waals surface area contributed by atoms with E-state index in [9.17, 15) is 4.79 Å². The molecule has 6 nitrogen and oxygen atoms in total. The van der Waals surface area contributed by atoms with Gasteiger partial charge in [-0.25, -0.2) is 0 Å². The van der Waals surface area contributed by atoms with E-state index in [0.29, 0.717) is 0 Å². The van der Waals surface area contributed by atoms with Crippen LogP contribution < -0.4 is 5.32 Å². The molecule has 0 saturated carbocycles. The third-order valence-electron chi connectivity index (χ3n) is 1.45. The first kappa shape index (κ1) is 9.69. The molecule has 1 aromatic heterocycles. The molecule has 1 rings (SSSR count). The first-order chi connectivity index (χ1) is 6.27. The highest BCUT2D eigenvalue weighted by atomic mass is 16.5. The van der Waals surface area contributed by atoms with Crippen molar-refractivity contribution in [2.24, 2.45) is 0 Å². The monoisotopic (exact) mass is 186 g/mol. The van der Waals surface area contributed by atoms with E-state index < -0.39 is 11.9 Å². The maximum Gasteiger partial charge on any atom is 0.273 e. The molecule has 6 heteroatoms. The van der Waals surface area contributed by atoms with Crippen LogP contribution in [0.5, 0.6) is 0 Å². The molecule has 0 aliphatic heterocycles. The summed E-state index contributed by atoms with van der Waals surface area (Å²) in [7, 11) is 0. The summed E-state index contributed by atoms with van der Waals surface area (Å²) < 4.78 is 4.45. The van der Waals surface area contributed by atoms with Gasteiger partial charge in [-0.15, -0.1) is 0 Å². The summed E-state index contributed by atoms with van der Waals surface area (Å²) in [5.74, 6) is -0.484. The summed E-state index contributed by atoms with van der Waals surface area (Å²) in [5, 5.41) is 23.1. The zero-order valence-electron chi connectivity index (χ0n) is 6.80. The van der Waals surface area contributed by atoms with Crippen molar-refractivity contribution in [3.63, 3.8) is 0 Å². The van der Waals surface area contributed by atoms with Gasteiger partial charge in [0.15, 0.2) is 5.69 Å². The van der Waals surface area contributed by atoms with Gasteiger partial charge in [0.05, 0.1) is 19.3 Å². The highest BCUT2D eigenvalue weighted by molar-refractivity contribution is 5.92. The molecule has 0 aliphatic carbocycles. The Morgan fingerprint density at radius 1 is 1.62 bits per heavy atom. The lowest BCUT2D eigenvalue weighted by atomic mass is 10.3. The Bertz CT molecular complexity index is 255. The number of hydrogen-bond acceptors (Lipinski definition) is 5. The molecule has 3 N–H and O–H groups in total. The van der Waals surface area contributed by atoms with Crippen molar-refractivity contribution in [2.75, 3.05) is 13.2 Å². The van der Waals surface area contributed by atoms with Crippen molar-refractivity contribution < 1.29 is 19.5 Å². The van der Waals surface area contributed by atoms with E-state index in [0.717, 1.165) is 0 Å². The number of aliphatic hydroxyl groups excluding tert-OH is 2. The third-order valence-corrected chi connectivity index (χ3v) is 1.45. The van der Waals surface area contributed by atoms with Crippen LogP contribution in [0.1, 0.15) is 10.5 Å². The van der Waals surface area contributed by atoms with Gasteiger partial charge in [-0.05, 0) is 0 Å². The standard InChI is InChI=1S/C7H10N2O4/c10-3-5(4-11)8-7(12)6-1-2-13-9-6/h1-2,5,10-11H,3-4H2,(H,8,12). The normalized spacial score (nSPS) is 10.4. The van der Waals surface area contributed by atoms with Gasteiger partial charge < -0.3 is 20.1 Å². The summed E-state index contributed by atoms with van der Waals surface area (Å²) in [4.78, 5) is 11.2. The minimum absolute atomic E-state index is 0.118. The summed E-state index contributed by atoms with van der Waals surface area (Å²) in [6, 6.07) is 0.727. The van der Waals surface area contributed by atoms with E-state index >= 15 is 0 Å². The van der Waals surface area contributed by atoms with Gasteiger partial charge in [-0.3, -0.25) is 4.79 Å². The molecular weight excluding hydrogens is 176 g/mol. The second-order valence-electron chi connectivity index (χ2n) is 2.42. The number of amides is 1. The van der Waals surface area contributed by atoms with Gasteiger partial charge in [0.25, 0.3) is 5.91 Å². The Hall–Kier alpha value is -1.40. The number of nitrogens with zero attached hydrogens (tertiary/aromatic N) is 1. The Balaban J connectivity index is 2.50. The number of aromatic nitrogens is 1. The number of nitrogens with one attached hydrogen (secondary N) is 1. The fourth-order valence-corrected chi connectivity index (χ4v) is 0.738. The highest BCUT2D eigenvalue weighted by Gasteiger charge is 2.13. The van der Waals surface area contributed by atoms with Crippen LogP contribution in [0.25, 0.3) is 0 Å². The van der Waals surface area contributed by atoms with Crippen molar-refractivity contribution in [1.29, 1.82) is 0 Å². The Labute approximate surface area is 74.2 Å². The molecule has 0 unspecified atom stereocenters. The van der Waals surface area contributed by atoms with Gasteiger partial charge in [0.1, 0.15) is 6.26 Å². The summed E-state index contributed by atoms with van der Waals surface area (Å²) >= 11 is 0. The van der Waals surface area contributed by atoms with Crippen molar-refractivity contribution in [1.82, 2.24) is 10.5 Å². The molecule has 0 atom stereocenters. The quantitative estimate of drug-likeness (QED) is 0.546. The predicted octanol–water partition coefficient (Wildman–Crippen LogP) is -1.24. The molecule has 0 aromatic carbocycles. The maximum atomic E-state index is 11.2. The molecule has 0 fully saturated rings. The minimum atomic E-state index is -0.663. The van der Waals surface area contributed by atoms with E-state index in [1.165, 1.54) is 12.3 Å². The van der Waals surface area contributed by atoms with E-state index in [4.69, 9.17) is 10.2 Å². The Kier molecular flexibility index (Phi) is 3.41. The van der Waals surface area contributed by atoms with E-state index in [2.05, 4.69) is 15.0 Å². The lowest BCUT2D eigenvalue weighted by Crippen LogP contribution is -2.40. The third kappa shape index (κ3) is 2.53. The smallest absolute Gasteiger partial charge is 0.273 e. The molecule has 72 valence electrons. The molecule has 0 aliphatic rings. The van der Waals surface area contributed by atoms with Crippen molar-refractivity contribution in [3.8, 4) is 0 Å². The number of aliphatic hydroxyl groups is 2. The van der Waals surface area contributed by atoms with Gasteiger partial charge in [-0.1, -0.05) is 5.16 Å². The van der Waals surface area contributed by atoms with Crippen LogP contribution in [0.15, 0.2) is 16.9 Å². The van der Waals surface area contributed by atoms with E-state index in [1.54, 1.807) is 0 Å². The average Bonchev–Trinajstić information content (AvgIpc) is 2.66. The topological polar surface area (TPSA) is 95.6 Å².